The van der Waals surface area contributed by atoms with E-state index >= 15 is 0 Å². The van der Waals surface area contributed by atoms with E-state index in [1.54, 1.807) is 24.8 Å². The third-order valence-electron chi connectivity index (χ3n) is 4.05. The van der Waals surface area contributed by atoms with Crippen LogP contribution in [0.2, 0.25) is 5.15 Å². The molecule has 2 atom stereocenters. The second-order valence-corrected chi connectivity index (χ2v) is 6.93. The van der Waals surface area contributed by atoms with Crippen molar-refractivity contribution in [3.63, 3.8) is 0 Å². The van der Waals surface area contributed by atoms with Gasteiger partial charge in [0.15, 0.2) is 6.61 Å². The largest absolute Gasteiger partial charge is 0.452 e. The molecule has 1 amide bonds. The monoisotopic (exact) mass is 338 g/mol. The van der Waals surface area contributed by atoms with E-state index in [1.165, 1.54) is 0 Å². The molecule has 0 saturated carbocycles. The molecule has 0 aromatic carbocycles. The lowest BCUT2D eigenvalue weighted by atomic mass is 9.92. The van der Waals surface area contributed by atoms with Gasteiger partial charge in [0.2, 0.25) is 0 Å². The van der Waals surface area contributed by atoms with Crippen molar-refractivity contribution in [1.82, 2.24) is 9.88 Å². The van der Waals surface area contributed by atoms with Crippen LogP contribution >= 0.6 is 11.6 Å². The number of piperidine rings is 1. The third kappa shape index (κ3) is 4.44. The molecule has 23 heavy (non-hydrogen) atoms. The second kappa shape index (κ2) is 7.30. The highest BCUT2D eigenvalue weighted by atomic mass is 35.5. The molecule has 2 heterocycles. The average Bonchev–Trinajstić information content (AvgIpc) is 2.42. The van der Waals surface area contributed by atoms with E-state index in [9.17, 15) is 9.59 Å². The summed E-state index contributed by atoms with van der Waals surface area (Å²) in [6.07, 6.45) is 1.12. The number of carbonyl (C=O) groups excluding carboxylic acids is 2. The highest BCUT2D eigenvalue weighted by molar-refractivity contribution is 6.32. The summed E-state index contributed by atoms with van der Waals surface area (Å²) < 4.78 is 5.16. The van der Waals surface area contributed by atoms with Gasteiger partial charge in [0.1, 0.15) is 5.15 Å². The van der Waals surface area contributed by atoms with Gasteiger partial charge in [-0.15, -0.1) is 0 Å². The van der Waals surface area contributed by atoms with E-state index in [2.05, 4.69) is 18.8 Å². The summed E-state index contributed by atoms with van der Waals surface area (Å²) in [4.78, 5) is 30.3. The first kappa shape index (κ1) is 17.7. The van der Waals surface area contributed by atoms with Gasteiger partial charge in [0.05, 0.1) is 5.56 Å². The molecule has 1 aliphatic heterocycles. The maximum atomic E-state index is 12.2. The summed E-state index contributed by atoms with van der Waals surface area (Å²) in [7, 11) is 0. The van der Waals surface area contributed by atoms with Crippen molar-refractivity contribution in [3.8, 4) is 0 Å². The van der Waals surface area contributed by atoms with Crippen LogP contribution in [0.5, 0.6) is 0 Å². The van der Waals surface area contributed by atoms with Crippen LogP contribution in [0, 0.1) is 25.7 Å². The minimum Gasteiger partial charge on any atom is -0.452 e. The smallest absolute Gasteiger partial charge is 0.342 e. The van der Waals surface area contributed by atoms with Crippen LogP contribution in [0.15, 0.2) is 6.07 Å². The van der Waals surface area contributed by atoms with Gasteiger partial charge in [-0.2, -0.15) is 0 Å². The zero-order chi connectivity index (χ0) is 17.1. The lowest BCUT2D eigenvalue weighted by Gasteiger charge is -2.34. The van der Waals surface area contributed by atoms with Crippen LogP contribution in [0.4, 0.5) is 0 Å². The van der Waals surface area contributed by atoms with Gasteiger partial charge in [-0.25, -0.2) is 9.78 Å². The maximum Gasteiger partial charge on any atom is 0.342 e. The Hall–Kier alpha value is -1.62. The fraction of sp³-hybridized carbons (Fsp3) is 0.588. The van der Waals surface area contributed by atoms with Crippen molar-refractivity contribution in [2.24, 2.45) is 11.8 Å². The van der Waals surface area contributed by atoms with Crippen molar-refractivity contribution in [3.05, 3.63) is 28.0 Å². The summed E-state index contributed by atoms with van der Waals surface area (Å²) in [5, 5.41) is 0.111. The lowest BCUT2D eigenvalue weighted by Crippen LogP contribution is -2.44. The number of nitrogens with zero attached hydrogens (tertiary/aromatic N) is 2. The van der Waals surface area contributed by atoms with Gasteiger partial charge in [0, 0.05) is 18.8 Å². The molecule has 126 valence electrons. The van der Waals surface area contributed by atoms with Crippen molar-refractivity contribution in [1.29, 1.82) is 0 Å². The number of carbonyl (C=O) groups is 2. The van der Waals surface area contributed by atoms with E-state index in [0.717, 1.165) is 12.1 Å². The standard InChI is InChI=1S/C17H23ClN2O3/c1-10-5-11(2)8-20(7-10)14(21)9-23-17(22)15-12(3)6-13(4)19-16(15)18/h6,10-11H,5,7-9H2,1-4H3/t10-,11-/m1/s1. The number of ether oxygens (including phenoxy) is 1. The Morgan fingerprint density at radius 1 is 1.30 bits per heavy atom. The number of aromatic nitrogens is 1. The molecule has 0 N–H and O–H groups in total. The summed E-state index contributed by atoms with van der Waals surface area (Å²) in [6, 6.07) is 1.76. The number of pyridine rings is 1. The summed E-state index contributed by atoms with van der Waals surface area (Å²) in [6.45, 7) is 9.00. The zero-order valence-electron chi connectivity index (χ0n) is 14.1. The summed E-state index contributed by atoms with van der Waals surface area (Å²) >= 11 is 6.02. The Morgan fingerprint density at radius 3 is 2.48 bits per heavy atom. The van der Waals surface area contributed by atoms with E-state index in [4.69, 9.17) is 16.3 Å². The zero-order valence-corrected chi connectivity index (χ0v) is 14.8. The first-order valence-corrected chi connectivity index (χ1v) is 8.24. The van der Waals surface area contributed by atoms with Crippen molar-refractivity contribution >= 4 is 23.5 Å². The molecule has 1 aliphatic rings. The summed E-state index contributed by atoms with van der Waals surface area (Å²) in [5.41, 5.74) is 1.65. The topological polar surface area (TPSA) is 59.5 Å². The Kier molecular flexibility index (Phi) is 5.63. The Bertz CT molecular complexity index is 585. The number of hydrogen-bond acceptors (Lipinski definition) is 4. The molecule has 5 nitrogen and oxygen atoms in total. The predicted octanol–water partition coefficient (Wildman–Crippen LogP) is 3.01. The molecule has 1 aromatic heterocycles. The van der Waals surface area contributed by atoms with Gasteiger partial charge >= 0.3 is 5.97 Å². The molecule has 2 rings (SSSR count). The highest BCUT2D eigenvalue weighted by Crippen LogP contribution is 2.22. The molecule has 0 radical (unpaired) electrons. The molecule has 0 spiro atoms. The number of halogens is 1. The maximum absolute atomic E-state index is 12.2. The third-order valence-corrected chi connectivity index (χ3v) is 4.33. The molecule has 0 aliphatic carbocycles. The van der Waals surface area contributed by atoms with E-state index in [-0.39, 0.29) is 23.2 Å². The van der Waals surface area contributed by atoms with E-state index in [1.807, 2.05) is 0 Å². The first-order valence-electron chi connectivity index (χ1n) is 7.86. The van der Waals surface area contributed by atoms with Gasteiger partial charge < -0.3 is 9.64 Å². The molecule has 1 saturated heterocycles. The molecule has 0 unspecified atom stereocenters. The Balaban J connectivity index is 1.98. The van der Waals surface area contributed by atoms with Gasteiger partial charge in [-0.1, -0.05) is 25.4 Å². The SMILES string of the molecule is Cc1cc(C)c(C(=O)OCC(=O)N2C[C@H](C)C[C@@H](C)C2)c(Cl)n1. The van der Waals surface area contributed by atoms with Crippen LogP contribution in [0.3, 0.4) is 0 Å². The molecular weight excluding hydrogens is 316 g/mol. The molecule has 1 aromatic rings. The van der Waals surface area contributed by atoms with Crippen molar-refractivity contribution in [2.45, 2.75) is 34.1 Å². The number of aryl methyl sites for hydroxylation is 2. The second-order valence-electron chi connectivity index (χ2n) is 6.57. The van der Waals surface area contributed by atoms with Crippen molar-refractivity contribution in [2.75, 3.05) is 19.7 Å². The Morgan fingerprint density at radius 2 is 1.91 bits per heavy atom. The number of rotatable bonds is 3. The van der Waals surface area contributed by atoms with Crippen LogP contribution in [-0.4, -0.2) is 41.5 Å². The number of amides is 1. The normalized spacial score (nSPS) is 21.2. The minimum atomic E-state index is -0.605. The number of esters is 1. The molecular formula is C17H23ClN2O3. The van der Waals surface area contributed by atoms with Crippen LogP contribution in [-0.2, 0) is 9.53 Å². The fourth-order valence-corrected chi connectivity index (χ4v) is 3.55. The fourth-order valence-electron chi connectivity index (χ4n) is 3.19. The van der Waals surface area contributed by atoms with Crippen molar-refractivity contribution < 1.29 is 14.3 Å². The first-order chi connectivity index (χ1) is 10.8. The lowest BCUT2D eigenvalue weighted by molar-refractivity contribution is -0.137. The van der Waals surface area contributed by atoms with Gasteiger partial charge in [0.25, 0.3) is 5.91 Å². The highest BCUT2D eigenvalue weighted by Gasteiger charge is 2.26. The predicted molar refractivity (Wildman–Crippen MR) is 88.5 cm³/mol. The van der Waals surface area contributed by atoms with Gasteiger partial charge in [-0.05, 0) is 43.7 Å². The van der Waals surface area contributed by atoms with E-state index < -0.39 is 5.97 Å². The van der Waals surface area contributed by atoms with E-state index in [0.29, 0.717) is 30.5 Å². The molecule has 1 fully saturated rings. The quantitative estimate of drug-likeness (QED) is 0.628. The number of likely N-dealkylation sites (tertiary alicyclic amines) is 1. The molecule has 0 bridgehead atoms. The Labute approximate surface area is 142 Å². The van der Waals surface area contributed by atoms with Crippen LogP contribution in [0.1, 0.15) is 41.9 Å². The van der Waals surface area contributed by atoms with Gasteiger partial charge in [-0.3, -0.25) is 4.79 Å². The number of hydrogen-bond donors (Lipinski definition) is 0. The molecule has 6 heteroatoms. The average molecular weight is 339 g/mol. The van der Waals surface area contributed by atoms with Crippen LogP contribution in [0.25, 0.3) is 0 Å². The van der Waals surface area contributed by atoms with Crippen LogP contribution < -0.4 is 0 Å². The minimum absolute atomic E-state index is 0.111. The summed E-state index contributed by atoms with van der Waals surface area (Å²) in [5.74, 6) is 0.171.